The fourth-order valence-corrected chi connectivity index (χ4v) is 3.35. The van der Waals surface area contributed by atoms with E-state index in [1.807, 2.05) is 30.3 Å². The summed E-state index contributed by atoms with van der Waals surface area (Å²) in [7, 11) is 0. The van der Waals surface area contributed by atoms with E-state index in [1.54, 1.807) is 18.0 Å². The Morgan fingerprint density at radius 2 is 2.04 bits per heavy atom. The van der Waals surface area contributed by atoms with Gasteiger partial charge in [0, 0.05) is 18.7 Å². The topological polar surface area (TPSA) is 81.7 Å². The van der Waals surface area contributed by atoms with Crippen molar-refractivity contribution in [2.45, 2.75) is 26.1 Å². The third-order valence-electron chi connectivity index (χ3n) is 4.29. The molecule has 25 heavy (non-hydrogen) atoms. The molecule has 3 aromatic rings. The molecule has 0 N–H and O–H groups in total. The number of halogens is 1. The Morgan fingerprint density at radius 3 is 2.84 bits per heavy atom. The van der Waals surface area contributed by atoms with Gasteiger partial charge >= 0.3 is 0 Å². The minimum Gasteiger partial charge on any atom is -0.332 e. The molecule has 0 saturated carbocycles. The minimum atomic E-state index is -0.519. The van der Waals surface area contributed by atoms with E-state index in [9.17, 15) is 4.79 Å². The number of fused-ring (bicyclic) bond motifs is 1. The van der Waals surface area contributed by atoms with Gasteiger partial charge in [-0.25, -0.2) is 4.98 Å². The van der Waals surface area contributed by atoms with Crippen LogP contribution in [0.3, 0.4) is 0 Å². The van der Waals surface area contributed by atoms with Gasteiger partial charge in [0.2, 0.25) is 11.7 Å². The first-order valence-corrected chi connectivity index (χ1v) is 8.76. The molecule has 1 amide bonds. The zero-order valence-electron chi connectivity index (χ0n) is 13.6. The highest BCUT2D eigenvalue weighted by Crippen LogP contribution is 2.21. The number of benzene rings is 1. The normalized spacial score (nSPS) is 15.0. The van der Waals surface area contributed by atoms with Crippen molar-refractivity contribution < 1.29 is 4.79 Å². The molecule has 0 aliphatic carbocycles. The Morgan fingerprint density at radius 1 is 1.24 bits per heavy atom. The summed E-state index contributed by atoms with van der Waals surface area (Å²) >= 11 is 3.46. The van der Waals surface area contributed by atoms with E-state index >= 15 is 0 Å². The molecule has 4 rings (SSSR count). The molecule has 0 bridgehead atoms. The minimum absolute atomic E-state index is 0.0395. The number of aromatic nitrogens is 6. The van der Waals surface area contributed by atoms with Crippen LogP contribution in [-0.2, 0) is 17.9 Å². The van der Waals surface area contributed by atoms with Crippen LogP contribution in [0, 0.1) is 0 Å². The number of tetrazole rings is 1. The van der Waals surface area contributed by atoms with Gasteiger partial charge in [0.1, 0.15) is 16.5 Å². The number of nitrogens with zero attached hydrogens (tertiary/aromatic N) is 7. The third kappa shape index (κ3) is 2.95. The van der Waals surface area contributed by atoms with E-state index in [-0.39, 0.29) is 5.91 Å². The summed E-state index contributed by atoms with van der Waals surface area (Å²) in [5.74, 6) is 1.34. The van der Waals surface area contributed by atoms with Crippen LogP contribution < -0.4 is 0 Å². The second-order valence-electron chi connectivity index (χ2n) is 5.88. The maximum absolute atomic E-state index is 12.8. The van der Waals surface area contributed by atoms with Crippen molar-refractivity contribution >= 4 is 21.8 Å². The van der Waals surface area contributed by atoms with Crippen molar-refractivity contribution in [3.63, 3.8) is 0 Å². The van der Waals surface area contributed by atoms with E-state index < -0.39 is 6.04 Å². The smallest absolute Gasteiger partial charge is 0.249 e. The Balaban J connectivity index is 1.51. The van der Waals surface area contributed by atoms with Gasteiger partial charge in [-0.3, -0.25) is 4.79 Å². The van der Waals surface area contributed by atoms with Crippen LogP contribution >= 0.6 is 15.9 Å². The molecule has 0 unspecified atom stereocenters. The van der Waals surface area contributed by atoms with Crippen molar-refractivity contribution in [2.24, 2.45) is 0 Å². The molecule has 1 aromatic carbocycles. The summed E-state index contributed by atoms with van der Waals surface area (Å²) in [5.41, 5.74) is 0.873. The predicted molar refractivity (Wildman–Crippen MR) is 93.3 cm³/mol. The van der Waals surface area contributed by atoms with Crippen LogP contribution in [0.2, 0.25) is 0 Å². The molecular formula is C16H16BrN7O. The largest absolute Gasteiger partial charge is 0.332 e. The monoisotopic (exact) mass is 401 g/mol. The lowest BCUT2D eigenvalue weighted by Gasteiger charge is -2.29. The van der Waals surface area contributed by atoms with Gasteiger partial charge in [-0.1, -0.05) is 30.3 Å². The number of imidazole rings is 1. The molecule has 0 fully saturated rings. The van der Waals surface area contributed by atoms with Crippen molar-refractivity contribution in [1.29, 1.82) is 0 Å². The molecule has 1 aliphatic heterocycles. The van der Waals surface area contributed by atoms with Gasteiger partial charge in [0.25, 0.3) is 0 Å². The van der Waals surface area contributed by atoms with E-state index in [4.69, 9.17) is 0 Å². The lowest BCUT2D eigenvalue weighted by Crippen LogP contribution is -2.42. The van der Waals surface area contributed by atoms with Gasteiger partial charge in [0.05, 0.1) is 12.7 Å². The first kappa shape index (κ1) is 15.9. The fraction of sp³-hybridized carbons (Fsp3) is 0.312. The lowest BCUT2D eigenvalue weighted by molar-refractivity contribution is -0.136. The molecule has 0 saturated heterocycles. The predicted octanol–water partition coefficient (Wildman–Crippen LogP) is 1.90. The molecule has 3 heterocycles. The Bertz CT molecular complexity index is 904. The van der Waals surface area contributed by atoms with Gasteiger partial charge in [-0.05, 0) is 28.1 Å². The number of carbonyl (C=O) groups excluding carboxylic acids is 1. The standard InChI is InChI=1S/C16H16BrN7O/c1-11(24-20-15(19-21-24)12-5-3-2-4-6-12)16(25)22-7-8-23-13(17)9-18-14(23)10-22/h2-6,9,11H,7-8,10H2,1H3/t11-/m0/s1. The van der Waals surface area contributed by atoms with E-state index in [0.717, 1.165) is 16.0 Å². The van der Waals surface area contributed by atoms with Crippen molar-refractivity contribution in [2.75, 3.05) is 6.54 Å². The molecule has 1 atom stereocenters. The van der Waals surface area contributed by atoms with Gasteiger partial charge < -0.3 is 9.47 Å². The summed E-state index contributed by atoms with van der Waals surface area (Å²) in [5, 5.41) is 12.5. The summed E-state index contributed by atoms with van der Waals surface area (Å²) in [6.45, 7) is 3.62. The Labute approximate surface area is 152 Å². The SMILES string of the molecule is C[C@@H](C(=O)N1CCn2c(Br)cnc2C1)n1nnc(-c2ccccc2)n1. The third-order valence-corrected chi connectivity index (χ3v) is 4.92. The van der Waals surface area contributed by atoms with E-state index in [1.165, 1.54) is 4.80 Å². The van der Waals surface area contributed by atoms with Crippen LogP contribution in [0.1, 0.15) is 18.8 Å². The molecule has 128 valence electrons. The molecule has 9 heteroatoms. The maximum atomic E-state index is 12.8. The Kier molecular flexibility index (Phi) is 4.08. The number of carbonyl (C=O) groups is 1. The highest BCUT2D eigenvalue weighted by Gasteiger charge is 2.28. The molecule has 0 radical (unpaired) electrons. The van der Waals surface area contributed by atoms with Crippen molar-refractivity contribution in [3.05, 3.63) is 47.0 Å². The summed E-state index contributed by atoms with van der Waals surface area (Å²) in [4.78, 5) is 20.3. The Hall–Kier alpha value is -2.55. The lowest BCUT2D eigenvalue weighted by atomic mass is 10.2. The highest BCUT2D eigenvalue weighted by atomic mass is 79.9. The van der Waals surface area contributed by atoms with Crippen LogP contribution in [0.25, 0.3) is 11.4 Å². The average molecular weight is 402 g/mol. The molecular weight excluding hydrogens is 386 g/mol. The molecule has 8 nitrogen and oxygen atoms in total. The van der Waals surface area contributed by atoms with E-state index in [2.05, 4.69) is 40.9 Å². The van der Waals surface area contributed by atoms with Crippen molar-refractivity contribution in [3.8, 4) is 11.4 Å². The zero-order chi connectivity index (χ0) is 17.4. The number of hydrogen-bond acceptors (Lipinski definition) is 5. The average Bonchev–Trinajstić information content (AvgIpc) is 3.28. The maximum Gasteiger partial charge on any atom is 0.249 e. The van der Waals surface area contributed by atoms with Crippen LogP contribution in [0.4, 0.5) is 0 Å². The van der Waals surface area contributed by atoms with Gasteiger partial charge in [-0.2, -0.15) is 4.80 Å². The van der Waals surface area contributed by atoms with Gasteiger partial charge in [0.15, 0.2) is 0 Å². The number of hydrogen-bond donors (Lipinski definition) is 0. The van der Waals surface area contributed by atoms with Crippen LogP contribution in [0.5, 0.6) is 0 Å². The van der Waals surface area contributed by atoms with Crippen LogP contribution in [0.15, 0.2) is 41.1 Å². The van der Waals surface area contributed by atoms with E-state index in [0.29, 0.717) is 25.5 Å². The zero-order valence-corrected chi connectivity index (χ0v) is 15.2. The summed E-state index contributed by atoms with van der Waals surface area (Å²) in [6, 6.07) is 9.07. The second kappa shape index (κ2) is 6.40. The van der Waals surface area contributed by atoms with Gasteiger partial charge in [-0.15, -0.1) is 10.2 Å². The number of rotatable bonds is 3. The number of amides is 1. The first-order valence-electron chi connectivity index (χ1n) is 7.97. The van der Waals surface area contributed by atoms with Crippen LogP contribution in [-0.4, -0.2) is 47.1 Å². The highest BCUT2D eigenvalue weighted by molar-refractivity contribution is 9.10. The molecule has 0 spiro atoms. The second-order valence-corrected chi connectivity index (χ2v) is 6.70. The molecule has 2 aromatic heterocycles. The summed E-state index contributed by atoms with van der Waals surface area (Å²) in [6.07, 6.45) is 1.76. The first-order chi connectivity index (χ1) is 12.1. The quantitative estimate of drug-likeness (QED) is 0.669. The fourth-order valence-electron chi connectivity index (χ4n) is 2.87. The van der Waals surface area contributed by atoms with Crippen molar-refractivity contribution in [1.82, 2.24) is 34.7 Å². The molecule has 1 aliphatic rings. The summed E-state index contributed by atoms with van der Waals surface area (Å²) < 4.78 is 3.00.